The third-order valence-electron chi connectivity index (χ3n) is 5.00. The van der Waals surface area contributed by atoms with Crippen molar-refractivity contribution < 1.29 is 14.3 Å². The molecule has 2 aromatic rings. The van der Waals surface area contributed by atoms with Crippen molar-refractivity contribution in [3.8, 4) is 5.75 Å². The number of anilines is 2. The van der Waals surface area contributed by atoms with E-state index >= 15 is 0 Å². The van der Waals surface area contributed by atoms with Crippen LogP contribution in [-0.4, -0.2) is 38.1 Å². The summed E-state index contributed by atoms with van der Waals surface area (Å²) in [4.78, 5) is 26.7. The molecule has 0 atom stereocenters. The second-order valence-electron chi connectivity index (χ2n) is 7.10. The maximum absolute atomic E-state index is 12.1. The number of hydrogen-bond donors (Lipinski definition) is 2. The number of rotatable bonds is 7. The minimum absolute atomic E-state index is 0.405. The van der Waals surface area contributed by atoms with Crippen molar-refractivity contribution in [2.75, 3.05) is 36.5 Å². The molecule has 6 nitrogen and oxygen atoms in total. The van der Waals surface area contributed by atoms with E-state index in [0.717, 1.165) is 18.7 Å². The monoisotopic (exact) mass is 395 g/mol. The Morgan fingerprint density at radius 2 is 1.69 bits per heavy atom. The molecule has 1 saturated heterocycles. The molecule has 0 bridgehead atoms. The van der Waals surface area contributed by atoms with Gasteiger partial charge >= 0.3 is 11.8 Å². The molecule has 0 spiro atoms. The maximum atomic E-state index is 12.1. The van der Waals surface area contributed by atoms with Gasteiger partial charge in [0.25, 0.3) is 0 Å². The Labute approximate surface area is 172 Å². The first-order valence-corrected chi connectivity index (χ1v) is 10.3. The first kappa shape index (κ1) is 20.7. The predicted octanol–water partition coefficient (Wildman–Crippen LogP) is 3.37. The minimum atomic E-state index is -0.697. The van der Waals surface area contributed by atoms with Crippen molar-refractivity contribution in [3.63, 3.8) is 0 Å². The van der Waals surface area contributed by atoms with E-state index in [9.17, 15) is 9.59 Å². The lowest BCUT2D eigenvalue weighted by molar-refractivity contribution is -0.136. The van der Waals surface area contributed by atoms with Gasteiger partial charge in [-0.3, -0.25) is 9.59 Å². The minimum Gasteiger partial charge on any atom is -0.492 e. The number of nitrogens with one attached hydrogen (secondary N) is 2. The highest BCUT2D eigenvalue weighted by Crippen LogP contribution is 2.23. The van der Waals surface area contributed by atoms with Crippen LogP contribution in [0.5, 0.6) is 5.75 Å². The van der Waals surface area contributed by atoms with E-state index in [0.29, 0.717) is 31.0 Å². The van der Waals surface area contributed by atoms with Crippen LogP contribution in [0.25, 0.3) is 0 Å². The molecule has 1 heterocycles. The van der Waals surface area contributed by atoms with Gasteiger partial charge in [0.1, 0.15) is 5.75 Å². The van der Waals surface area contributed by atoms with Crippen molar-refractivity contribution in [1.82, 2.24) is 5.32 Å². The van der Waals surface area contributed by atoms with Gasteiger partial charge in [0.15, 0.2) is 0 Å². The highest BCUT2D eigenvalue weighted by molar-refractivity contribution is 6.39. The summed E-state index contributed by atoms with van der Waals surface area (Å²) in [7, 11) is 0. The highest BCUT2D eigenvalue weighted by Gasteiger charge is 2.15. The summed E-state index contributed by atoms with van der Waals surface area (Å²) in [5, 5.41) is 5.28. The molecule has 29 heavy (non-hydrogen) atoms. The van der Waals surface area contributed by atoms with Gasteiger partial charge in [-0.25, -0.2) is 0 Å². The van der Waals surface area contributed by atoms with Crippen molar-refractivity contribution in [3.05, 3.63) is 54.1 Å². The lowest BCUT2D eigenvalue weighted by Crippen LogP contribution is -2.36. The lowest BCUT2D eigenvalue weighted by atomic mass is 10.1. The summed E-state index contributed by atoms with van der Waals surface area (Å²) in [5.41, 5.74) is 2.88. The quantitative estimate of drug-likeness (QED) is 0.705. The Balaban J connectivity index is 1.45. The standard InChI is InChI=1S/C23H29N3O3/c1-2-29-21-9-5-4-8-20(21)25-23(28)22(27)24-15-14-18-10-12-19(13-11-18)26-16-6-3-7-17-26/h4-5,8-13H,2-3,6-7,14-17H2,1H3,(H,24,27)(H,25,28). The molecule has 1 aliphatic heterocycles. The normalized spacial score (nSPS) is 13.6. The molecule has 1 fully saturated rings. The topological polar surface area (TPSA) is 70.7 Å². The van der Waals surface area contributed by atoms with Gasteiger partial charge in [-0.05, 0) is 62.4 Å². The van der Waals surface area contributed by atoms with Gasteiger partial charge in [-0.1, -0.05) is 24.3 Å². The van der Waals surface area contributed by atoms with Crippen LogP contribution in [0.4, 0.5) is 11.4 Å². The van der Waals surface area contributed by atoms with Crippen LogP contribution in [0, 0.1) is 0 Å². The van der Waals surface area contributed by atoms with E-state index < -0.39 is 11.8 Å². The SMILES string of the molecule is CCOc1ccccc1NC(=O)C(=O)NCCc1ccc(N2CCCCC2)cc1. The zero-order chi connectivity index (χ0) is 20.5. The molecule has 2 amide bonds. The Hall–Kier alpha value is -3.02. The number of hydrogen-bond acceptors (Lipinski definition) is 4. The Morgan fingerprint density at radius 3 is 2.41 bits per heavy atom. The summed E-state index contributed by atoms with van der Waals surface area (Å²) in [5.74, 6) is -0.802. The van der Waals surface area contributed by atoms with Crippen molar-refractivity contribution in [1.29, 1.82) is 0 Å². The fraction of sp³-hybridized carbons (Fsp3) is 0.391. The number of para-hydroxylation sites is 2. The van der Waals surface area contributed by atoms with Gasteiger partial charge in [0, 0.05) is 25.3 Å². The molecule has 2 aromatic carbocycles. The van der Waals surface area contributed by atoms with Crippen molar-refractivity contribution in [2.24, 2.45) is 0 Å². The lowest BCUT2D eigenvalue weighted by Gasteiger charge is -2.28. The first-order valence-electron chi connectivity index (χ1n) is 10.3. The van der Waals surface area contributed by atoms with E-state index in [1.165, 1.54) is 24.9 Å². The number of benzene rings is 2. The molecular weight excluding hydrogens is 366 g/mol. The number of piperidine rings is 1. The van der Waals surface area contributed by atoms with Crippen LogP contribution in [0.15, 0.2) is 48.5 Å². The molecule has 0 aromatic heterocycles. The summed E-state index contributed by atoms with van der Waals surface area (Å²) in [6.07, 6.45) is 4.50. The van der Waals surface area contributed by atoms with Gasteiger partial charge in [0.05, 0.1) is 12.3 Å². The second kappa shape index (κ2) is 10.5. The summed E-state index contributed by atoms with van der Waals surface area (Å²) in [6.45, 7) is 5.00. The molecule has 0 aliphatic carbocycles. The number of ether oxygens (including phenoxy) is 1. The molecule has 3 rings (SSSR count). The summed E-state index contributed by atoms with van der Waals surface area (Å²) >= 11 is 0. The van der Waals surface area contributed by atoms with Crippen LogP contribution in [0.1, 0.15) is 31.7 Å². The van der Waals surface area contributed by atoms with Gasteiger partial charge in [0.2, 0.25) is 0 Å². The first-order chi connectivity index (χ1) is 14.2. The molecule has 0 unspecified atom stereocenters. The Bertz CT molecular complexity index is 814. The van der Waals surface area contributed by atoms with E-state index in [1.807, 2.05) is 13.0 Å². The van der Waals surface area contributed by atoms with E-state index in [-0.39, 0.29) is 0 Å². The van der Waals surface area contributed by atoms with Gasteiger partial charge in [-0.2, -0.15) is 0 Å². The van der Waals surface area contributed by atoms with Gasteiger partial charge in [-0.15, -0.1) is 0 Å². The van der Waals surface area contributed by atoms with Crippen LogP contribution >= 0.6 is 0 Å². The maximum Gasteiger partial charge on any atom is 0.313 e. The fourth-order valence-electron chi connectivity index (χ4n) is 3.46. The summed E-state index contributed by atoms with van der Waals surface area (Å²) < 4.78 is 5.46. The fourth-order valence-corrected chi connectivity index (χ4v) is 3.46. The Kier molecular flexibility index (Phi) is 7.50. The van der Waals surface area contributed by atoms with Crippen LogP contribution in [-0.2, 0) is 16.0 Å². The molecule has 154 valence electrons. The predicted molar refractivity (Wildman–Crippen MR) is 115 cm³/mol. The largest absolute Gasteiger partial charge is 0.492 e. The van der Waals surface area contributed by atoms with Crippen LogP contribution < -0.4 is 20.3 Å². The molecular formula is C23H29N3O3. The zero-order valence-corrected chi connectivity index (χ0v) is 16.9. The zero-order valence-electron chi connectivity index (χ0n) is 16.9. The smallest absolute Gasteiger partial charge is 0.313 e. The number of carbonyl (C=O) groups excluding carboxylic acids is 2. The molecule has 2 N–H and O–H groups in total. The third kappa shape index (κ3) is 5.98. The van der Waals surface area contributed by atoms with E-state index in [2.05, 4.69) is 39.8 Å². The van der Waals surface area contributed by atoms with Gasteiger partial charge < -0.3 is 20.3 Å². The number of amides is 2. The number of carbonyl (C=O) groups is 2. The average molecular weight is 396 g/mol. The van der Waals surface area contributed by atoms with Crippen LogP contribution in [0.2, 0.25) is 0 Å². The van der Waals surface area contributed by atoms with Crippen LogP contribution in [0.3, 0.4) is 0 Å². The molecule has 0 radical (unpaired) electrons. The summed E-state index contributed by atoms with van der Waals surface area (Å²) in [6, 6.07) is 15.5. The van der Waals surface area contributed by atoms with Crippen molar-refractivity contribution >= 4 is 23.2 Å². The van der Waals surface area contributed by atoms with E-state index in [4.69, 9.17) is 4.74 Å². The molecule has 0 saturated carbocycles. The van der Waals surface area contributed by atoms with E-state index in [1.54, 1.807) is 18.2 Å². The second-order valence-corrected chi connectivity index (χ2v) is 7.10. The van der Waals surface area contributed by atoms with Crippen molar-refractivity contribution in [2.45, 2.75) is 32.6 Å². The Morgan fingerprint density at radius 1 is 0.966 bits per heavy atom. The molecule has 6 heteroatoms. The third-order valence-corrected chi connectivity index (χ3v) is 5.00. The highest BCUT2D eigenvalue weighted by atomic mass is 16.5. The molecule has 1 aliphatic rings. The average Bonchev–Trinajstić information content (AvgIpc) is 2.76. The number of nitrogens with zero attached hydrogens (tertiary/aromatic N) is 1.